The summed E-state index contributed by atoms with van der Waals surface area (Å²) in [6.45, 7) is 6.52. The Morgan fingerprint density at radius 3 is 2.62 bits per heavy atom. The van der Waals surface area contributed by atoms with Gasteiger partial charge in [-0.3, -0.25) is 0 Å². The predicted molar refractivity (Wildman–Crippen MR) is 54.5 cm³/mol. The van der Waals surface area contributed by atoms with Gasteiger partial charge in [0.2, 0.25) is 0 Å². The van der Waals surface area contributed by atoms with Crippen LogP contribution in [0.3, 0.4) is 0 Å². The summed E-state index contributed by atoms with van der Waals surface area (Å²) in [6, 6.07) is 2.25. The molecule has 1 unspecified atom stereocenters. The van der Waals surface area contributed by atoms with Gasteiger partial charge in [-0.1, -0.05) is 20.8 Å². The Hall–Kier alpha value is -0.760. The third kappa shape index (κ3) is 3.23. The van der Waals surface area contributed by atoms with Crippen LogP contribution in [0.4, 0.5) is 0 Å². The molecule has 74 valence electrons. The van der Waals surface area contributed by atoms with Gasteiger partial charge in [-0.2, -0.15) is 0 Å². The van der Waals surface area contributed by atoms with Crippen molar-refractivity contribution in [2.45, 2.75) is 39.7 Å². The van der Waals surface area contributed by atoms with Crippen LogP contribution in [0.2, 0.25) is 0 Å². The van der Waals surface area contributed by atoms with E-state index in [-0.39, 0.29) is 11.5 Å². The lowest BCUT2D eigenvalue weighted by Crippen LogP contribution is -2.35. The zero-order valence-electron chi connectivity index (χ0n) is 8.71. The fraction of sp³-hybridized carbons (Fsp3) is 0.636. The number of rotatable bonds is 3. The zero-order chi connectivity index (χ0) is 9.90. The van der Waals surface area contributed by atoms with Crippen LogP contribution >= 0.6 is 0 Å². The van der Waals surface area contributed by atoms with Crippen LogP contribution in [-0.4, -0.2) is 6.04 Å². The van der Waals surface area contributed by atoms with Crippen molar-refractivity contribution in [2.75, 3.05) is 0 Å². The number of nitrogens with two attached hydrogens (primary N) is 1. The van der Waals surface area contributed by atoms with Crippen molar-refractivity contribution in [1.29, 1.82) is 0 Å². The third-order valence-corrected chi connectivity index (χ3v) is 2.44. The molecular weight excluding hydrogens is 162 g/mol. The summed E-state index contributed by atoms with van der Waals surface area (Å²) in [4.78, 5) is 0. The zero-order valence-corrected chi connectivity index (χ0v) is 8.71. The highest BCUT2D eigenvalue weighted by atomic mass is 16.3. The van der Waals surface area contributed by atoms with E-state index in [1.165, 1.54) is 5.56 Å². The molecule has 1 atom stereocenters. The van der Waals surface area contributed by atoms with Gasteiger partial charge in [-0.25, -0.2) is 0 Å². The number of aryl methyl sites for hydroxylation is 1. The summed E-state index contributed by atoms with van der Waals surface area (Å²) in [6.07, 6.45) is 5.52. The average molecular weight is 181 g/mol. The van der Waals surface area contributed by atoms with Crippen LogP contribution in [0.1, 0.15) is 32.8 Å². The molecule has 1 aromatic rings. The van der Waals surface area contributed by atoms with E-state index in [9.17, 15) is 0 Å². The Balaban J connectivity index is 2.35. The molecule has 0 aromatic carbocycles. The van der Waals surface area contributed by atoms with E-state index in [1.54, 1.807) is 12.5 Å². The molecule has 0 radical (unpaired) electrons. The first kappa shape index (κ1) is 10.3. The summed E-state index contributed by atoms with van der Waals surface area (Å²) >= 11 is 0. The van der Waals surface area contributed by atoms with Gasteiger partial charge in [0, 0.05) is 6.04 Å². The molecule has 13 heavy (non-hydrogen) atoms. The molecule has 0 saturated heterocycles. The summed E-state index contributed by atoms with van der Waals surface area (Å²) in [5, 5.41) is 0. The van der Waals surface area contributed by atoms with E-state index in [0.29, 0.717) is 0 Å². The highest BCUT2D eigenvalue weighted by molar-refractivity contribution is 5.05. The van der Waals surface area contributed by atoms with Crippen LogP contribution in [-0.2, 0) is 6.42 Å². The molecule has 0 aliphatic carbocycles. The fourth-order valence-corrected chi connectivity index (χ4v) is 1.19. The Labute approximate surface area is 80.1 Å². The van der Waals surface area contributed by atoms with Gasteiger partial charge in [0.1, 0.15) is 0 Å². The molecule has 1 heterocycles. The van der Waals surface area contributed by atoms with E-state index >= 15 is 0 Å². The van der Waals surface area contributed by atoms with E-state index < -0.39 is 0 Å². The normalized spacial score (nSPS) is 14.5. The maximum Gasteiger partial charge on any atom is 0.0934 e. The van der Waals surface area contributed by atoms with Crippen molar-refractivity contribution in [3.05, 3.63) is 24.2 Å². The second-order valence-corrected chi connectivity index (χ2v) is 4.64. The van der Waals surface area contributed by atoms with Gasteiger partial charge in [0.05, 0.1) is 12.5 Å². The highest BCUT2D eigenvalue weighted by Crippen LogP contribution is 2.21. The molecule has 0 aliphatic rings. The van der Waals surface area contributed by atoms with Crippen molar-refractivity contribution in [3.8, 4) is 0 Å². The SMILES string of the molecule is CC(C)(C)C(N)CCc1ccoc1. The van der Waals surface area contributed by atoms with Crippen molar-refractivity contribution in [1.82, 2.24) is 0 Å². The van der Waals surface area contributed by atoms with E-state index in [2.05, 4.69) is 20.8 Å². The Morgan fingerprint density at radius 1 is 1.46 bits per heavy atom. The Morgan fingerprint density at radius 2 is 2.15 bits per heavy atom. The molecule has 2 N–H and O–H groups in total. The van der Waals surface area contributed by atoms with Gasteiger partial charge in [-0.15, -0.1) is 0 Å². The van der Waals surface area contributed by atoms with Gasteiger partial charge < -0.3 is 10.2 Å². The summed E-state index contributed by atoms with van der Waals surface area (Å²) in [5.74, 6) is 0. The molecule has 1 rings (SSSR count). The summed E-state index contributed by atoms with van der Waals surface area (Å²) < 4.78 is 4.99. The van der Waals surface area contributed by atoms with E-state index in [0.717, 1.165) is 12.8 Å². The Kier molecular flexibility index (Phi) is 3.15. The molecule has 0 saturated carbocycles. The molecule has 0 amide bonds. The topological polar surface area (TPSA) is 39.2 Å². The largest absolute Gasteiger partial charge is 0.472 e. The lowest BCUT2D eigenvalue weighted by Gasteiger charge is -2.26. The minimum absolute atomic E-state index is 0.198. The van der Waals surface area contributed by atoms with Gasteiger partial charge in [0.15, 0.2) is 0 Å². The van der Waals surface area contributed by atoms with Gasteiger partial charge >= 0.3 is 0 Å². The summed E-state index contributed by atoms with van der Waals surface area (Å²) in [5.41, 5.74) is 7.47. The minimum atomic E-state index is 0.198. The molecule has 1 aromatic heterocycles. The molecule has 0 bridgehead atoms. The van der Waals surface area contributed by atoms with E-state index in [4.69, 9.17) is 10.2 Å². The Bertz CT molecular complexity index is 233. The van der Waals surface area contributed by atoms with Gasteiger partial charge in [0.25, 0.3) is 0 Å². The fourth-order valence-electron chi connectivity index (χ4n) is 1.19. The third-order valence-electron chi connectivity index (χ3n) is 2.44. The first-order valence-corrected chi connectivity index (χ1v) is 4.77. The number of furan rings is 1. The first-order valence-electron chi connectivity index (χ1n) is 4.77. The standard InChI is InChI=1S/C11H19NO/c1-11(2,3)10(12)5-4-9-6-7-13-8-9/h6-8,10H,4-5,12H2,1-3H3. The minimum Gasteiger partial charge on any atom is -0.472 e. The molecule has 0 fully saturated rings. The quantitative estimate of drug-likeness (QED) is 0.778. The molecular formula is C11H19NO. The van der Waals surface area contributed by atoms with E-state index in [1.807, 2.05) is 6.07 Å². The van der Waals surface area contributed by atoms with Crippen LogP contribution in [0.15, 0.2) is 23.0 Å². The van der Waals surface area contributed by atoms with Crippen molar-refractivity contribution in [3.63, 3.8) is 0 Å². The summed E-state index contributed by atoms with van der Waals surface area (Å²) in [7, 11) is 0. The van der Waals surface area contributed by atoms with Crippen LogP contribution < -0.4 is 5.73 Å². The lowest BCUT2D eigenvalue weighted by molar-refractivity contribution is 0.306. The predicted octanol–water partition coefficient (Wildman–Crippen LogP) is 2.59. The van der Waals surface area contributed by atoms with Crippen LogP contribution in [0, 0.1) is 5.41 Å². The van der Waals surface area contributed by atoms with Gasteiger partial charge in [-0.05, 0) is 29.9 Å². The lowest BCUT2D eigenvalue weighted by atomic mass is 9.84. The second-order valence-electron chi connectivity index (χ2n) is 4.64. The van der Waals surface area contributed by atoms with Crippen LogP contribution in [0.25, 0.3) is 0 Å². The second kappa shape index (κ2) is 3.97. The van der Waals surface area contributed by atoms with Crippen LogP contribution in [0.5, 0.6) is 0 Å². The smallest absolute Gasteiger partial charge is 0.0934 e. The molecule has 0 spiro atoms. The number of hydrogen-bond acceptors (Lipinski definition) is 2. The monoisotopic (exact) mass is 181 g/mol. The highest BCUT2D eigenvalue weighted by Gasteiger charge is 2.19. The average Bonchev–Trinajstić information content (AvgIpc) is 2.50. The van der Waals surface area contributed by atoms with Crippen molar-refractivity contribution >= 4 is 0 Å². The number of hydrogen-bond donors (Lipinski definition) is 1. The van der Waals surface area contributed by atoms with Crippen molar-refractivity contribution < 1.29 is 4.42 Å². The van der Waals surface area contributed by atoms with Crippen molar-refractivity contribution in [2.24, 2.45) is 11.1 Å². The molecule has 0 aliphatic heterocycles. The first-order chi connectivity index (χ1) is 6.00. The maximum absolute atomic E-state index is 6.04. The molecule has 2 nitrogen and oxygen atoms in total. The molecule has 2 heteroatoms. The maximum atomic E-state index is 6.04.